The van der Waals surface area contributed by atoms with Gasteiger partial charge in [-0.25, -0.2) is 9.37 Å². The summed E-state index contributed by atoms with van der Waals surface area (Å²) in [5, 5.41) is 7.82. The Bertz CT molecular complexity index is 1190. The van der Waals surface area contributed by atoms with Gasteiger partial charge in [0.25, 0.3) is 5.56 Å². The number of nitrogens with one attached hydrogen (secondary N) is 2. The van der Waals surface area contributed by atoms with Crippen LogP contribution in [0.5, 0.6) is 0 Å². The van der Waals surface area contributed by atoms with Gasteiger partial charge in [0.15, 0.2) is 0 Å². The molecule has 1 aliphatic heterocycles. The van der Waals surface area contributed by atoms with Crippen LogP contribution in [0.2, 0.25) is 0 Å². The topological polar surface area (TPSA) is 75.6 Å². The highest BCUT2D eigenvalue weighted by molar-refractivity contribution is 7.22. The number of hydrogen-bond acceptors (Lipinski definition) is 5. The zero-order chi connectivity index (χ0) is 19.1. The second kappa shape index (κ2) is 6.96. The van der Waals surface area contributed by atoms with E-state index >= 15 is 0 Å². The monoisotopic (exact) mass is 395 g/mol. The van der Waals surface area contributed by atoms with Gasteiger partial charge in [-0.05, 0) is 42.7 Å². The Morgan fingerprint density at radius 3 is 3.00 bits per heavy atom. The third-order valence-corrected chi connectivity index (χ3v) is 6.22. The highest BCUT2D eigenvalue weighted by Crippen LogP contribution is 2.31. The molecule has 0 bridgehead atoms. The summed E-state index contributed by atoms with van der Waals surface area (Å²) in [4.78, 5) is 20.9. The zero-order valence-corrected chi connectivity index (χ0v) is 15.8. The number of halogens is 1. The van der Waals surface area contributed by atoms with Crippen molar-refractivity contribution in [2.75, 3.05) is 0 Å². The van der Waals surface area contributed by atoms with Crippen LogP contribution < -0.4 is 10.9 Å². The number of aromatic amines is 1. The van der Waals surface area contributed by atoms with Gasteiger partial charge >= 0.3 is 0 Å². The molecule has 1 aliphatic rings. The van der Waals surface area contributed by atoms with Crippen molar-refractivity contribution in [3.8, 4) is 10.4 Å². The quantitative estimate of drug-likeness (QED) is 0.554. The van der Waals surface area contributed by atoms with E-state index in [9.17, 15) is 9.18 Å². The van der Waals surface area contributed by atoms with Crippen LogP contribution in [0.4, 0.5) is 4.39 Å². The van der Waals surface area contributed by atoms with Crippen LogP contribution in [0.1, 0.15) is 30.4 Å². The van der Waals surface area contributed by atoms with E-state index in [1.807, 2.05) is 23.0 Å². The van der Waals surface area contributed by atoms with E-state index in [2.05, 4.69) is 20.4 Å². The van der Waals surface area contributed by atoms with Crippen LogP contribution in [0.25, 0.3) is 20.7 Å². The van der Waals surface area contributed by atoms with Crippen molar-refractivity contribution in [2.24, 2.45) is 0 Å². The average Bonchev–Trinajstić information content (AvgIpc) is 3.34. The van der Waals surface area contributed by atoms with Crippen LogP contribution in [-0.4, -0.2) is 19.7 Å². The number of aryl methyl sites for hydroxylation is 1. The summed E-state index contributed by atoms with van der Waals surface area (Å²) in [7, 11) is 0. The van der Waals surface area contributed by atoms with E-state index in [4.69, 9.17) is 0 Å². The van der Waals surface area contributed by atoms with Gasteiger partial charge in [0, 0.05) is 23.7 Å². The van der Waals surface area contributed by atoms with Crippen molar-refractivity contribution in [3.63, 3.8) is 0 Å². The summed E-state index contributed by atoms with van der Waals surface area (Å²) in [6.07, 6.45) is 3.93. The standard InChI is InChI=1S/C20H18FN5OS/c21-13-5-3-12(4-6-13)17-10-15-19(28-17)20(27)25-18(24-15)11-22-14-2-1-9-26-16(14)7-8-23-26/h3-8,10,14,22H,1-2,9,11H2,(H,24,25,27). The molecule has 28 heavy (non-hydrogen) atoms. The minimum Gasteiger partial charge on any atom is -0.308 e. The van der Waals surface area contributed by atoms with E-state index < -0.39 is 0 Å². The van der Waals surface area contributed by atoms with Gasteiger partial charge in [-0.15, -0.1) is 11.3 Å². The Morgan fingerprint density at radius 1 is 1.29 bits per heavy atom. The smallest absolute Gasteiger partial charge is 0.268 e. The fraction of sp³-hybridized carbons (Fsp3) is 0.250. The maximum Gasteiger partial charge on any atom is 0.268 e. The van der Waals surface area contributed by atoms with E-state index in [-0.39, 0.29) is 17.4 Å². The molecule has 142 valence electrons. The van der Waals surface area contributed by atoms with Gasteiger partial charge in [-0.3, -0.25) is 9.48 Å². The highest BCUT2D eigenvalue weighted by atomic mass is 32.1. The van der Waals surface area contributed by atoms with Crippen molar-refractivity contribution >= 4 is 21.6 Å². The van der Waals surface area contributed by atoms with E-state index in [1.165, 1.54) is 29.2 Å². The molecule has 0 saturated carbocycles. The molecule has 0 saturated heterocycles. The maximum atomic E-state index is 13.2. The number of H-pyrrole nitrogens is 1. The predicted octanol–water partition coefficient (Wildman–Crippen LogP) is 3.61. The molecular formula is C20H18FN5OS. The Hall–Kier alpha value is -2.84. The first-order valence-electron chi connectivity index (χ1n) is 9.21. The fourth-order valence-corrected chi connectivity index (χ4v) is 4.67. The molecule has 3 aromatic heterocycles. The summed E-state index contributed by atoms with van der Waals surface area (Å²) in [5.74, 6) is 0.329. The van der Waals surface area contributed by atoms with Gasteiger partial charge in [-0.1, -0.05) is 12.1 Å². The number of thiophene rings is 1. The lowest BCUT2D eigenvalue weighted by molar-refractivity contribution is 0.372. The van der Waals surface area contributed by atoms with Crippen molar-refractivity contribution in [1.82, 2.24) is 25.1 Å². The Balaban J connectivity index is 1.40. The van der Waals surface area contributed by atoms with Crippen molar-refractivity contribution in [1.29, 1.82) is 0 Å². The minimum atomic E-state index is -0.279. The lowest BCUT2D eigenvalue weighted by atomic mass is 10.0. The van der Waals surface area contributed by atoms with Crippen LogP contribution >= 0.6 is 11.3 Å². The molecule has 4 heterocycles. The molecule has 1 unspecified atom stereocenters. The van der Waals surface area contributed by atoms with Crippen LogP contribution in [-0.2, 0) is 13.1 Å². The first-order chi connectivity index (χ1) is 13.7. The summed E-state index contributed by atoms with van der Waals surface area (Å²) >= 11 is 1.37. The lowest BCUT2D eigenvalue weighted by Gasteiger charge is -2.24. The zero-order valence-electron chi connectivity index (χ0n) is 15.0. The molecule has 0 amide bonds. The molecule has 0 fully saturated rings. The van der Waals surface area contributed by atoms with Crippen molar-refractivity contribution in [2.45, 2.75) is 32.0 Å². The Kier molecular flexibility index (Phi) is 4.29. The molecule has 0 radical (unpaired) electrons. The van der Waals surface area contributed by atoms with Gasteiger partial charge < -0.3 is 10.3 Å². The maximum absolute atomic E-state index is 13.2. The third-order valence-electron chi connectivity index (χ3n) is 5.05. The fourth-order valence-electron chi connectivity index (χ4n) is 3.67. The molecule has 0 spiro atoms. The third kappa shape index (κ3) is 3.14. The normalized spacial score (nSPS) is 16.4. The molecule has 2 N–H and O–H groups in total. The molecule has 6 nitrogen and oxygen atoms in total. The van der Waals surface area contributed by atoms with Gasteiger partial charge in [-0.2, -0.15) is 5.10 Å². The average molecular weight is 395 g/mol. The van der Waals surface area contributed by atoms with Crippen molar-refractivity contribution in [3.05, 3.63) is 70.3 Å². The lowest BCUT2D eigenvalue weighted by Crippen LogP contribution is -2.29. The summed E-state index contributed by atoms with van der Waals surface area (Å²) in [5.41, 5.74) is 2.56. The summed E-state index contributed by atoms with van der Waals surface area (Å²) in [6, 6.07) is 10.4. The SMILES string of the molecule is O=c1[nH]c(CNC2CCCn3nccc32)nc2cc(-c3ccc(F)cc3)sc12. The van der Waals surface area contributed by atoms with Gasteiger partial charge in [0.05, 0.1) is 17.8 Å². The first kappa shape index (κ1) is 17.3. The van der Waals surface area contributed by atoms with E-state index in [1.54, 1.807) is 12.1 Å². The number of aromatic nitrogens is 4. The van der Waals surface area contributed by atoms with Gasteiger partial charge in [0.2, 0.25) is 0 Å². The number of rotatable bonds is 4. The van der Waals surface area contributed by atoms with E-state index in [0.29, 0.717) is 22.6 Å². The van der Waals surface area contributed by atoms with Crippen LogP contribution in [0.3, 0.4) is 0 Å². The van der Waals surface area contributed by atoms with Crippen LogP contribution in [0.15, 0.2) is 47.4 Å². The Labute approximate surface area is 164 Å². The first-order valence-corrected chi connectivity index (χ1v) is 10.0. The predicted molar refractivity (Wildman–Crippen MR) is 107 cm³/mol. The minimum absolute atomic E-state index is 0.145. The number of benzene rings is 1. The molecule has 1 aromatic carbocycles. The summed E-state index contributed by atoms with van der Waals surface area (Å²) < 4.78 is 15.8. The second-order valence-electron chi connectivity index (χ2n) is 6.90. The van der Waals surface area contributed by atoms with E-state index in [0.717, 1.165) is 29.8 Å². The highest BCUT2D eigenvalue weighted by Gasteiger charge is 2.20. The molecule has 8 heteroatoms. The largest absolute Gasteiger partial charge is 0.308 e. The molecular weight excluding hydrogens is 377 g/mol. The van der Waals surface area contributed by atoms with Crippen molar-refractivity contribution < 1.29 is 4.39 Å². The Morgan fingerprint density at radius 2 is 2.14 bits per heavy atom. The second-order valence-corrected chi connectivity index (χ2v) is 7.95. The number of hydrogen-bond donors (Lipinski definition) is 2. The summed E-state index contributed by atoms with van der Waals surface area (Å²) in [6.45, 7) is 1.42. The number of fused-ring (bicyclic) bond motifs is 2. The molecule has 5 rings (SSSR count). The molecule has 1 atom stereocenters. The van der Waals surface area contributed by atoms with Gasteiger partial charge in [0.1, 0.15) is 16.3 Å². The molecule has 0 aliphatic carbocycles. The molecule has 4 aromatic rings. The van der Waals surface area contributed by atoms with Crippen LogP contribution in [0, 0.1) is 5.82 Å². The number of nitrogens with zero attached hydrogens (tertiary/aromatic N) is 3.